The van der Waals surface area contributed by atoms with E-state index in [-0.39, 0.29) is 12.5 Å². The van der Waals surface area contributed by atoms with Gasteiger partial charge in [-0.25, -0.2) is 4.98 Å². The third kappa shape index (κ3) is 6.65. The van der Waals surface area contributed by atoms with Gasteiger partial charge in [0.25, 0.3) is 0 Å². The first-order valence-corrected chi connectivity index (χ1v) is 11.1. The van der Waals surface area contributed by atoms with Crippen molar-refractivity contribution < 1.29 is 4.79 Å². The summed E-state index contributed by atoms with van der Waals surface area (Å²) in [5.41, 5.74) is 3.36. The SMILES string of the molecule is Cc1cccc(NCC(=O)Nc2nc3c(s2)CCCCCCCCCC3)c1. The van der Waals surface area contributed by atoms with Crippen LogP contribution in [0.4, 0.5) is 10.8 Å². The molecule has 0 saturated heterocycles. The zero-order chi connectivity index (χ0) is 18.9. The van der Waals surface area contributed by atoms with Crippen molar-refractivity contribution in [3.8, 4) is 0 Å². The number of thiazole rings is 1. The molecule has 146 valence electrons. The maximum absolute atomic E-state index is 12.3. The number of rotatable bonds is 4. The average molecular weight is 386 g/mol. The minimum absolute atomic E-state index is 0.0405. The third-order valence-corrected chi connectivity index (χ3v) is 6.14. The Hall–Kier alpha value is -1.88. The van der Waals surface area contributed by atoms with E-state index in [9.17, 15) is 4.79 Å². The summed E-state index contributed by atoms with van der Waals surface area (Å²) in [7, 11) is 0. The van der Waals surface area contributed by atoms with Crippen molar-refractivity contribution >= 4 is 28.1 Å². The first-order chi connectivity index (χ1) is 13.2. The minimum atomic E-state index is -0.0405. The van der Waals surface area contributed by atoms with Gasteiger partial charge in [0, 0.05) is 10.6 Å². The fraction of sp³-hybridized carbons (Fsp3) is 0.545. The number of nitrogens with zero attached hydrogens (tertiary/aromatic N) is 1. The van der Waals surface area contributed by atoms with Gasteiger partial charge >= 0.3 is 0 Å². The fourth-order valence-electron chi connectivity index (χ4n) is 3.57. The van der Waals surface area contributed by atoms with Crippen LogP contribution >= 0.6 is 11.3 Å². The highest BCUT2D eigenvalue weighted by Gasteiger charge is 2.13. The first-order valence-electron chi connectivity index (χ1n) is 10.3. The van der Waals surface area contributed by atoms with E-state index in [2.05, 4.69) is 10.6 Å². The van der Waals surface area contributed by atoms with Gasteiger partial charge in [0.2, 0.25) is 5.91 Å². The molecular formula is C22H31N3OS. The average Bonchev–Trinajstić information content (AvgIpc) is 3.01. The van der Waals surface area contributed by atoms with Crippen LogP contribution in [0.5, 0.6) is 0 Å². The molecule has 0 aliphatic heterocycles. The number of benzene rings is 1. The quantitative estimate of drug-likeness (QED) is 0.707. The van der Waals surface area contributed by atoms with E-state index >= 15 is 0 Å². The van der Waals surface area contributed by atoms with Crippen LogP contribution in [0, 0.1) is 6.92 Å². The summed E-state index contributed by atoms with van der Waals surface area (Å²) in [6.07, 6.45) is 12.6. The molecule has 1 heterocycles. The van der Waals surface area contributed by atoms with Gasteiger partial charge in [-0.2, -0.15) is 0 Å². The van der Waals surface area contributed by atoms with Crippen molar-refractivity contribution in [3.05, 3.63) is 40.4 Å². The van der Waals surface area contributed by atoms with E-state index in [0.717, 1.165) is 23.7 Å². The van der Waals surface area contributed by atoms with Crippen molar-refractivity contribution in [3.63, 3.8) is 0 Å². The lowest BCUT2D eigenvalue weighted by molar-refractivity contribution is -0.114. The van der Waals surface area contributed by atoms with Crippen molar-refractivity contribution in [1.82, 2.24) is 4.98 Å². The number of fused-ring (bicyclic) bond motifs is 1. The van der Waals surface area contributed by atoms with Gasteiger partial charge in [0.05, 0.1) is 12.2 Å². The number of amides is 1. The molecule has 5 heteroatoms. The maximum Gasteiger partial charge on any atom is 0.245 e. The van der Waals surface area contributed by atoms with Gasteiger partial charge in [-0.05, 0) is 50.3 Å². The first kappa shape index (κ1) is 19.9. The molecule has 1 amide bonds. The molecule has 0 bridgehead atoms. The Balaban J connectivity index is 1.56. The molecule has 0 fully saturated rings. The van der Waals surface area contributed by atoms with Crippen LogP contribution in [0.3, 0.4) is 0 Å². The Morgan fingerprint density at radius 1 is 1.04 bits per heavy atom. The van der Waals surface area contributed by atoms with Crippen LogP contribution in [0.1, 0.15) is 67.5 Å². The molecule has 2 aromatic rings. The van der Waals surface area contributed by atoms with Crippen molar-refractivity contribution in [2.24, 2.45) is 0 Å². The molecule has 0 atom stereocenters. The summed E-state index contributed by atoms with van der Waals surface area (Å²) in [6, 6.07) is 8.06. The number of anilines is 2. The molecule has 1 aromatic carbocycles. The van der Waals surface area contributed by atoms with Crippen molar-refractivity contribution in [2.45, 2.75) is 71.1 Å². The van der Waals surface area contributed by atoms with Crippen LogP contribution in [0.2, 0.25) is 0 Å². The van der Waals surface area contributed by atoms with Gasteiger partial charge < -0.3 is 10.6 Å². The van der Waals surface area contributed by atoms with Gasteiger partial charge in [-0.3, -0.25) is 4.79 Å². The van der Waals surface area contributed by atoms with E-state index in [0.29, 0.717) is 0 Å². The predicted molar refractivity (Wildman–Crippen MR) is 115 cm³/mol. The largest absolute Gasteiger partial charge is 0.376 e. The summed E-state index contributed by atoms with van der Waals surface area (Å²) in [6.45, 7) is 2.30. The van der Waals surface area contributed by atoms with Crippen LogP contribution in [-0.4, -0.2) is 17.4 Å². The predicted octanol–water partition coefficient (Wildman–Crippen LogP) is 5.72. The molecule has 0 saturated carbocycles. The number of aryl methyl sites for hydroxylation is 3. The highest BCUT2D eigenvalue weighted by molar-refractivity contribution is 7.15. The lowest BCUT2D eigenvalue weighted by Gasteiger charge is -2.06. The molecule has 1 aliphatic rings. The number of aromatic nitrogens is 1. The zero-order valence-electron chi connectivity index (χ0n) is 16.4. The summed E-state index contributed by atoms with van der Waals surface area (Å²) in [4.78, 5) is 18.4. The second kappa shape index (κ2) is 10.5. The highest BCUT2D eigenvalue weighted by Crippen LogP contribution is 2.27. The van der Waals surface area contributed by atoms with E-state index < -0.39 is 0 Å². The van der Waals surface area contributed by atoms with E-state index in [1.54, 1.807) is 11.3 Å². The number of nitrogens with one attached hydrogen (secondary N) is 2. The fourth-order valence-corrected chi connectivity index (χ4v) is 4.63. The lowest BCUT2D eigenvalue weighted by atomic mass is 10.0. The lowest BCUT2D eigenvalue weighted by Crippen LogP contribution is -2.21. The van der Waals surface area contributed by atoms with Crippen LogP contribution < -0.4 is 10.6 Å². The Kier molecular flexibility index (Phi) is 7.69. The van der Waals surface area contributed by atoms with E-state index in [1.807, 2.05) is 31.2 Å². The Bertz CT molecular complexity index is 711. The topological polar surface area (TPSA) is 54.0 Å². The van der Waals surface area contributed by atoms with Crippen LogP contribution in [0.15, 0.2) is 24.3 Å². The van der Waals surface area contributed by atoms with Gasteiger partial charge in [0.15, 0.2) is 5.13 Å². The van der Waals surface area contributed by atoms with Crippen molar-refractivity contribution in [1.29, 1.82) is 0 Å². The van der Waals surface area contributed by atoms with Gasteiger partial charge in [-0.15, -0.1) is 11.3 Å². The molecule has 1 aromatic heterocycles. The molecule has 0 radical (unpaired) electrons. The molecular weight excluding hydrogens is 354 g/mol. The third-order valence-electron chi connectivity index (χ3n) is 5.06. The standard InChI is InChI=1S/C22H31N3OS/c1-17-11-10-12-18(15-17)23-16-21(26)25-22-24-19-13-8-6-4-2-3-5-7-9-14-20(19)27-22/h10-12,15,23H,2-9,13-14,16H2,1H3,(H,24,25,26). The number of hydrogen-bond acceptors (Lipinski definition) is 4. The van der Waals surface area contributed by atoms with Crippen LogP contribution in [-0.2, 0) is 17.6 Å². The summed E-state index contributed by atoms with van der Waals surface area (Å²) < 4.78 is 0. The molecule has 0 spiro atoms. The van der Waals surface area contributed by atoms with Crippen LogP contribution in [0.25, 0.3) is 0 Å². The number of carbonyl (C=O) groups is 1. The summed E-state index contributed by atoms with van der Waals surface area (Å²) in [5.74, 6) is -0.0405. The normalized spacial score (nSPS) is 15.9. The molecule has 4 nitrogen and oxygen atoms in total. The van der Waals surface area contributed by atoms with E-state index in [1.165, 1.54) is 67.5 Å². The second-order valence-electron chi connectivity index (χ2n) is 7.49. The molecule has 1 aliphatic carbocycles. The zero-order valence-corrected chi connectivity index (χ0v) is 17.2. The smallest absolute Gasteiger partial charge is 0.245 e. The number of hydrogen-bond donors (Lipinski definition) is 2. The molecule has 2 N–H and O–H groups in total. The Labute approximate surface area is 166 Å². The Morgan fingerprint density at radius 2 is 1.74 bits per heavy atom. The molecule has 3 rings (SSSR count). The molecule has 0 unspecified atom stereocenters. The molecule has 27 heavy (non-hydrogen) atoms. The number of carbonyl (C=O) groups excluding carboxylic acids is 1. The van der Waals surface area contributed by atoms with Gasteiger partial charge in [0.1, 0.15) is 0 Å². The monoisotopic (exact) mass is 385 g/mol. The van der Waals surface area contributed by atoms with Crippen molar-refractivity contribution in [2.75, 3.05) is 17.2 Å². The minimum Gasteiger partial charge on any atom is -0.376 e. The van der Waals surface area contributed by atoms with Gasteiger partial charge in [-0.1, -0.05) is 50.7 Å². The Morgan fingerprint density at radius 3 is 2.48 bits per heavy atom. The second-order valence-corrected chi connectivity index (χ2v) is 8.57. The summed E-state index contributed by atoms with van der Waals surface area (Å²) in [5, 5.41) is 6.92. The summed E-state index contributed by atoms with van der Waals surface area (Å²) >= 11 is 1.67. The highest BCUT2D eigenvalue weighted by atomic mass is 32.1. The van der Waals surface area contributed by atoms with E-state index in [4.69, 9.17) is 4.98 Å². The maximum atomic E-state index is 12.3.